The zero-order valence-corrected chi connectivity index (χ0v) is 19.3. The Bertz CT molecular complexity index is 1320. The zero-order valence-electron chi connectivity index (χ0n) is 19.3. The topological polar surface area (TPSA) is 113 Å². The van der Waals surface area contributed by atoms with Crippen molar-refractivity contribution in [2.24, 2.45) is 5.92 Å². The number of ketones is 2. The van der Waals surface area contributed by atoms with Crippen LogP contribution in [-0.4, -0.2) is 27.4 Å². The Balaban J connectivity index is 1.45. The lowest BCUT2D eigenvalue weighted by atomic mass is 9.86. The van der Waals surface area contributed by atoms with Gasteiger partial charge in [-0.15, -0.1) is 0 Å². The summed E-state index contributed by atoms with van der Waals surface area (Å²) in [5.41, 5.74) is 4.16. The lowest BCUT2D eigenvalue weighted by molar-refractivity contribution is -0.128. The molecule has 0 radical (unpaired) electrons. The average Bonchev–Trinajstić information content (AvgIpc) is 3.10. The molecule has 1 aliphatic rings. The van der Waals surface area contributed by atoms with E-state index in [1.165, 1.54) is 0 Å². The van der Waals surface area contributed by atoms with Crippen molar-refractivity contribution in [3.63, 3.8) is 0 Å². The van der Waals surface area contributed by atoms with E-state index < -0.39 is 17.7 Å². The largest absolute Gasteiger partial charge is 0.352 e. The average molecular weight is 471 g/mol. The third-order valence-corrected chi connectivity index (χ3v) is 6.22. The summed E-state index contributed by atoms with van der Waals surface area (Å²) in [5, 5.41) is 11.6. The number of carbonyl (C=O) groups is 3. The molecule has 1 amide bonds. The molecule has 1 saturated carbocycles. The summed E-state index contributed by atoms with van der Waals surface area (Å²) in [5.74, 6) is -2.52. The Labute approximate surface area is 202 Å². The fraction of sp³-hybridized carbons (Fsp3) is 0.259. The standard InChI is InChI=1S/C27H23FN4O3/c1-15-7-20(27-31-13-21(28)14-32-27)8-16(2)24(15)25-22(33)9-19(26(25)35)10-23(34)30-12-18-5-3-17(11-29)4-6-18/h3-8,13-14,19,25H,9-10,12H2,1-2H3,(H,30,34). The number of rotatable bonds is 6. The first-order valence-corrected chi connectivity index (χ1v) is 11.2. The molecule has 0 spiro atoms. The van der Waals surface area contributed by atoms with Crippen molar-refractivity contribution in [1.29, 1.82) is 5.26 Å². The number of nitrogens with zero attached hydrogens (tertiary/aromatic N) is 3. The number of hydrogen-bond donors (Lipinski definition) is 1. The van der Waals surface area contributed by atoms with E-state index >= 15 is 0 Å². The van der Waals surface area contributed by atoms with E-state index in [0.717, 1.165) is 29.1 Å². The van der Waals surface area contributed by atoms with Gasteiger partial charge in [-0.1, -0.05) is 12.1 Å². The molecule has 0 aliphatic heterocycles. The molecule has 1 aromatic heterocycles. The van der Waals surface area contributed by atoms with Crippen LogP contribution in [-0.2, 0) is 20.9 Å². The zero-order chi connectivity index (χ0) is 25.1. The lowest BCUT2D eigenvalue weighted by Gasteiger charge is -2.17. The first-order valence-electron chi connectivity index (χ1n) is 11.2. The molecule has 1 heterocycles. The van der Waals surface area contributed by atoms with Gasteiger partial charge in [0.25, 0.3) is 0 Å². The van der Waals surface area contributed by atoms with Crippen LogP contribution in [0, 0.1) is 36.9 Å². The van der Waals surface area contributed by atoms with E-state index in [-0.39, 0.29) is 36.9 Å². The molecule has 2 aromatic carbocycles. The minimum Gasteiger partial charge on any atom is -0.352 e. The molecule has 1 aliphatic carbocycles. The molecule has 3 aromatic rings. The summed E-state index contributed by atoms with van der Waals surface area (Å²) in [6.07, 6.45) is 2.14. The number of carbonyl (C=O) groups excluding carboxylic acids is 3. The molecule has 176 valence electrons. The van der Waals surface area contributed by atoms with Crippen LogP contribution in [0.15, 0.2) is 48.8 Å². The Morgan fingerprint density at radius 3 is 2.34 bits per heavy atom. The van der Waals surface area contributed by atoms with Gasteiger partial charge in [0.05, 0.1) is 24.0 Å². The van der Waals surface area contributed by atoms with Crippen LogP contribution >= 0.6 is 0 Å². The molecule has 1 fully saturated rings. The maximum absolute atomic E-state index is 13.2. The first kappa shape index (κ1) is 23.9. The van der Waals surface area contributed by atoms with E-state index in [2.05, 4.69) is 15.3 Å². The van der Waals surface area contributed by atoms with Gasteiger partial charge in [0.2, 0.25) is 5.91 Å². The predicted molar refractivity (Wildman–Crippen MR) is 125 cm³/mol. The normalized spacial score (nSPS) is 17.3. The number of Topliss-reactive ketones (excluding diaryl/α,β-unsaturated/α-hetero) is 2. The number of hydrogen-bond acceptors (Lipinski definition) is 6. The van der Waals surface area contributed by atoms with Crippen molar-refractivity contribution < 1.29 is 18.8 Å². The lowest BCUT2D eigenvalue weighted by Crippen LogP contribution is -2.27. The highest BCUT2D eigenvalue weighted by Crippen LogP contribution is 2.38. The molecule has 1 N–H and O–H groups in total. The maximum Gasteiger partial charge on any atom is 0.221 e. The van der Waals surface area contributed by atoms with Crippen LogP contribution in [0.4, 0.5) is 4.39 Å². The van der Waals surface area contributed by atoms with Gasteiger partial charge in [0, 0.05) is 30.9 Å². The summed E-state index contributed by atoms with van der Waals surface area (Å²) >= 11 is 0. The summed E-state index contributed by atoms with van der Waals surface area (Å²) in [4.78, 5) is 46.6. The molecule has 0 saturated heterocycles. The number of aryl methyl sites for hydroxylation is 2. The molecular weight excluding hydrogens is 447 g/mol. The summed E-state index contributed by atoms with van der Waals surface area (Å²) in [7, 11) is 0. The fourth-order valence-corrected chi connectivity index (χ4v) is 4.55. The van der Waals surface area contributed by atoms with E-state index in [4.69, 9.17) is 5.26 Å². The SMILES string of the molecule is Cc1cc(-c2ncc(F)cn2)cc(C)c1C1C(=O)CC(CC(=O)NCc2ccc(C#N)cc2)C1=O. The van der Waals surface area contributed by atoms with Crippen LogP contribution in [0.5, 0.6) is 0 Å². The number of aromatic nitrogens is 2. The second kappa shape index (κ2) is 9.94. The quantitative estimate of drug-likeness (QED) is 0.550. The van der Waals surface area contributed by atoms with Crippen molar-refractivity contribution >= 4 is 17.5 Å². The Hall–Kier alpha value is -4.25. The highest BCUT2D eigenvalue weighted by Gasteiger charge is 2.43. The number of benzene rings is 2. The van der Waals surface area contributed by atoms with Gasteiger partial charge < -0.3 is 5.32 Å². The maximum atomic E-state index is 13.2. The Morgan fingerprint density at radius 1 is 1.11 bits per heavy atom. The van der Waals surface area contributed by atoms with Crippen LogP contribution in [0.1, 0.15) is 46.6 Å². The number of amides is 1. The Kier molecular flexibility index (Phi) is 6.78. The van der Waals surface area contributed by atoms with Crippen molar-refractivity contribution in [2.75, 3.05) is 0 Å². The van der Waals surface area contributed by atoms with Gasteiger partial charge in [0.1, 0.15) is 11.7 Å². The van der Waals surface area contributed by atoms with Crippen LogP contribution < -0.4 is 5.32 Å². The van der Waals surface area contributed by atoms with Gasteiger partial charge in [-0.05, 0) is 60.4 Å². The molecule has 2 atom stereocenters. The molecule has 2 unspecified atom stereocenters. The van der Waals surface area contributed by atoms with Crippen LogP contribution in [0.3, 0.4) is 0 Å². The third-order valence-electron chi connectivity index (χ3n) is 6.22. The Morgan fingerprint density at radius 2 is 1.74 bits per heavy atom. The number of halogens is 1. The molecule has 7 nitrogen and oxygen atoms in total. The highest BCUT2D eigenvalue weighted by molar-refractivity contribution is 6.15. The minimum absolute atomic E-state index is 0.0233. The van der Waals surface area contributed by atoms with E-state index in [1.54, 1.807) is 36.4 Å². The van der Waals surface area contributed by atoms with Gasteiger partial charge in [-0.25, -0.2) is 14.4 Å². The fourth-order valence-electron chi connectivity index (χ4n) is 4.55. The summed E-state index contributed by atoms with van der Waals surface area (Å²) in [6, 6.07) is 12.5. The molecule has 4 rings (SSSR count). The smallest absolute Gasteiger partial charge is 0.221 e. The highest BCUT2D eigenvalue weighted by atomic mass is 19.1. The van der Waals surface area contributed by atoms with Crippen LogP contribution in [0.25, 0.3) is 11.4 Å². The molecule has 0 bridgehead atoms. The number of nitriles is 1. The van der Waals surface area contributed by atoms with E-state index in [1.807, 2.05) is 19.9 Å². The van der Waals surface area contributed by atoms with Crippen molar-refractivity contribution in [3.05, 3.63) is 82.4 Å². The second-order valence-corrected chi connectivity index (χ2v) is 8.74. The van der Waals surface area contributed by atoms with Crippen LogP contribution in [0.2, 0.25) is 0 Å². The summed E-state index contributed by atoms with van der Waals surface area (Å²) in [6.45, 7) is 3.90. The van der Waals surface area contributed by atoms with E-state index in [0.29, 0.717) is 22.5 Å². The predicted octanol–water partition coefficient (Wildman–Crippen LogP) is 3.72. The van der Waals surface area contributed by atoms with Gasteiger partial charge in [-0.3, -0.25) is 14.4 Å². The minimum atomic E-state index is -0.908. The van der Waals surface area contributed by atoms with Crippen molar-refractivity contribution in [2.45, 2.75) is 39.2 Å². The first-order chi connectivity index (χ1) is 16.8. The third kappa shape index (κ3) is 5.14. The summed E-state index contributed by atoms with van der Waals surface area (Å²) < 4.78 is 13.2. The van der Waals surface area contributed by atoms with Gasteiger partial charge >= 0.3 is 0 Å². The molecule has 8 heteroatoms. The molecular formula is C27H23FN4O3. The second-order valence-electron chi connectivity index (χ2n) is 8.74. The van der Waals surface area contributed by atoms with Gasteiger partial charge in [0.15, 0.2) is 17.4 Å². The van der Waals surface area contributed by atoms with Gasteiger partial charge in [-0.2, -0.15) is 5.26 Å². The van der Waals surface area contributed by atoms with E-state index in [9.17, 15) is 18.8 Å². The monoisotopic (exact) mass is 470 g/mol. The molecule has 35 heavy (non-hydrogen) atoms. The number of nitrogens with one attached hydrogen (secondary N) is 1. The van der Waals surface area contributed by atoms with Crippen molar-refractivity contribution in [1.82, 2.24) is 15.3 Å². The van der Waals surface area contributed by atoms with Crippen molar-refractivity contribution in [3.8, 4) is 17.5 Å².